The Bertz CT molecular complexity index is 1350. The van der Waals surface area contributed by atoms with E-state index in [-0.39, 0.29) is 12.0 Å². The first-order valence-electron chi connectivity index (χ1n) is 11.4. The number of nitrogen functional groups attached to an aromatic ring is 1. The van der Waals surface area contributed by atoms with E-state index in [4.69, 9.17) is 15.5 Å². The number of anilines is 1. The number of aromatic nitrogens is 4. The maximum atomic E-state index is 12.0. The van der Waals surface area contributed by atoms with Crippen molar-refractivity contribution < 1.29 is 14.6 Å². The highest BCUT2D eigenvalue weighted by atomic mass is 79.9. The molecule has 1 aliphatic rings. The maximum Gasteiger partial charge on any atom is 0.251 e. The molecule has 1 unspecified atom stereocenters. The Morgan fingerprint density at radius 3 is 2.54 bits per heavy atom. The fraction of sp³-hybridized carbons (Fsp3) is 0.280. The van der Waals surface area contributed by atoms with Crippen molar-refractivity contribution in [3.05, 3.63) is 59.3 Å². The quantitative estimate of drug-likeness (QED) is 0.400. The van der Waals surface area contributed by atoms with Crippen LogP contribution in [0.4, 0.5) is 5.82 Å². The molecule has 3 N–H and O–H groups in total. The number of carbonyl (C=O) groups is 1. The summed E-state index contributed by atoms with van der Waals surface area (Å²) in [4.78, 5) is 23.0. The van der Waals surface area contributed by atoms with Crippen molar-refractivity contribution in [3.8, 4) is 28.3 Å². The van der Waals surface area contributed by atoms with E-state index in [0.717, 1.165) is 22.4 Å². The maximum absolute atomic E-state index is 12.0. The molecule has 3 aromatic heterocycles. The van der Waals surface area contributed by atoms with Crippen LogP contribution in [0.25, 0.3) is 28.0 Å². The van der Waals surface area contributed by atoms with Gasteiger partial charge in [-0.3, -0.25) is 9.78 Å². The number of aliphatic hydroxyl groups is 1. The van der Waals surface area contributed by atoms with Gasteiger partial charge in [-0.2, -0.15) is 14.6 Å². The molecule has 0 saturated carbocycles. The lowest BCUT2D eigenvalue weighted by Crippen LogP contribution is -2.45. The summed E-state index contributed by atoms with van der Waals surface area (Å²) in [5, 5.41) is 14.0. The summed E-state index contributed by atoms with van der Waals surface area (Å²) in [5.74, 6) is 0.502. The van der Waals surface area contributed by atoms with Crippen LogP contribution in [0.2, 0.25) is 0 Å². The minimum absolute atomic E-state index is 0.128. The third-order valence-electron chi connectivity index (χ3n) is 6.13. The van der Waals surface area contributed by atoms with Crippen molar-refractivity contribution >= 4 is 33.3 Å². The summed E-state index contributed by atoms with van der Waals surface area (Å²) in [6.07, 6.45) is 3.66. The SMILES string of the molecule is CC(O)C(=O)N1CCC(Oc2nc3c(-c4ccc(-c5ccccc5)nc4)cnn3c(N)c2Br)CC1. The molecule has 1 amide bonds. The molecule has 1 aliphatic heterocycles. The number of halogens is 1. The van der Waals surface area contributed by atoms with Crippen molar-refractivity contribution in [1.29, 1.82) is 0 Å². The van der Waals surface area contributed by atoms with Crippen LogP contribution < -0.4 is 10.5 Å². The van der Waals surface area contributed by atoms with E-state index in [9.17, 15) is 9.90 Å². The van der Waals surface area contributed by atoms with Crippen molar-refractivity contribution in [2.24, 2.45) is 0 Å². The monoisotopic (exact) mass is 536 g/mol. The summed E-state index contributed by atoms with van der Waals surface area (Å²) in [6.45, 7) is 2.51. The van der Waals surface area contributed by atoms with E-state index in [1.807, 2.05) is 42.5 Å². The zero-order valence-electron chi connectivity index (χ0n) is 19.1. The number of carbonyl (C=O) groups excluding carboxylic acids is 1. The second kappa shape index (κ2) is 9.63. The molecular weight excluding hydrogens is 512 g/mol. The van der Waals surface area contributed by atoms with Gasteiger partial charge < -0.3 is 20.5 Å². The molecule has 1 fully saturated rings. The Balaban J connectivity index is 1.40. The van der Waals surface area contributed by atoms with Crippen LogP contribution in [0.1, 0.15) is 19.8 Å². The highest BCUT2D eigenvalue weighted by Crippen LogP contribution is 2.35. The first-order valence-corrected chi connectivity index (χ1v) is 12.2. The minimum atomic E-state index is -0.998. The highest BCUT2D eigenvalue weighted by Gasteiger charge is 2.27. The van der Waals surface area contributed by atoms with Crippen molar-refractivity contribution in [3.63, 3.8) is 0 Å². The van der Waals surface area contributed by atoms with Crippen LogP contribution >= 0.6 is 15.9 Å². The van der Waals surface area contributed by atoms with E-state index in [1.54, 1.807) is 21.8 Å². The molecule has 4 aromatic rings. The lowest BCUT2D eigenvalue weighted by molar-refractivity contribution is -0.141. The van der Waals surface area contributed by atoms with Gasteiger partial charge in [0.25, 0.3) is 5.91 Å². The highest BCUT2D eigenvalue weighted by molar-refractivity contribution is 9.10. The molecule has 180 valence electrons. The van der Waals surface area contributed by atoms with Crippen molar-refractivity contribution in [2.45, 2.75) is 32.0 Å². The molecule has 0 aliphatic carbocycles. The molecule has 5 rings (SSSR count). The number of hydrogen-bond acceptors (Lipinski definition) is 7. The summed E-state index contributed by atoms with van der Waals surface area (Å²) in [7, 11) is 0. The van der Waals surface area contributed by atoms with Crippen LogP contribution in [0.3, 0.4) is 0 Å². The molecule has 1 atom stereocenters. The van der Waals surface area contributed by atoms with Crippen LogP contribution in [-0.2, 0) is 4.79 Å². The van der Waals surface area contributed by atoms with Gasteiger partial charge in [-0.15, -0.1) is 0 Å². The standard InChI is InChI=1S/C25H25BrN6O3/c1-15(33)25(34)31-11-9-18(10-12-31)35-24-21(26)22(27)32-23(30-24)19(14-29-32)17-7-8-20(28-13-17)16-5-3-2-4-6-16/h2-8,13-15,18,33H,9-12,27H2,1H3. The molecule has 4 heterocycles. The molecule has 10 heteroatoms. The van der Waals surface area contributed by atoms with Crippen molar-refractivity contribution in [1.82, 2.24) is 24.5 Å². The van der Waals surface area contributed by atoms with Gasteiger partial charge in [0, 0.05) is 48.8 Å². The van der Waals surface area contributed by atoms with E-state index in [0.29, 0.717) is 47.7 Å². The van der Waals surface area contributed by atoms with E-state index in [2.05, 4.69) is 26.0 Å². The van der Waals surface area contributed by atoms with Crippen LogP contribution in [0.15, 0.2) is 59.3 Å². The Morgan fingerprint density at radius 1 is 1.14 bits per heavy atom. The number of rotatable bonds is 5. The number of fused-ring (bicyclic) bond motifs is 1. The van der Waals surface area contributed by atoms with Gasteiger partial charge in [0.1, 0.15) is 22.5 Å². The van der Waals surface area contributed by atoms with Crippen molar-refractivity contribution in [2.75, 3.05) is 18.8 Å². The van der Waals surface area contributed by atoms with E-state index < -0.39 is 6.10 Å². The average molecular weight is 537 g/mol. The Hall–Kier alpha value is -3.50. The molecular formula is C25H25BrN6O3. The first-order chi connectivity index (χ1) is 16.9. The molecule has 0 bridgehead atoms. The van der Waals surface area contributed by atoms with Crippen LogP contribution in [0, 0.1) is 0 Å². The van der Waals surface area contributed by atoms with Gasteiger partial charge in [0.2, 0.25) is 5.88 Å². The summed E-state index contributed by atoms with van der Waals surface area (Å²) >= 11 is 3.50. The topological polar surface area (TPSA) is 119 Å². The van der Waals surface area contributed by atoms with Gasteiger partial charge in [0.05, 0.1) is 11.9 Å². The summed E-state index contributed by atoms with van der Waals surface area (Å²) < 4.78 is 8.30. The van der Waals surface area contributed by atoms with E-state index >= 15 is 0 Å². The van der Waals surface area contributed by atoms with Crippen LogP contribution in [-0.4, -0.2) is 60.8 Å². The number of amides is 1. The van der Waals surface area contributed by atoms with E-state index in [1.165, 1.54) is 6.92 Å². The molecule has 35 heavy (non-hydrogen) atoms. The summed E-state index contributed by atoms with van der Waals surface area (Å²) in [5.41, 5.74) is 10.5. The predicted molar refractivity (Wildman–Crippen MR) is 136 cm³/mol. The number of nitrogens with zero attached hydrogens (tertiary/aromatic N) is 5. The number of aliphatic hydroxyl groups excluding tert-OH is 1. The molecule has 9 nitrogen and oxygen atoms in total. The Kier molecular flexibility index (Phi) is 6.40. The number of likely N-dealkylation sites (tertiary alicyclic amines) is 1. The van der Waals surface area contributed by atoms with Gasteiger partial charge in [0.15, 0.2) is 5.65 Å². The smallest absolute Gasteiger partial charge is 0.251 e. The Labute approximate surface area is 210 Å². The second-order valence-corrected chi connectivity index (χ2v) is 9.32. The minimum Gasteiger partial charge on any atom is -0.473 e. The van der Waals surface area contributed by atoms with Gasteiger partial charge in [-0.25, -0.2) is 0 Å². The van der Waals surface area contributed by atoms with Crippen LogP contribution in [0.5, 0.6) is 5.88 Å². The number of pyridine rings is 1. The zero-order valence-corrected chi connectivity index (χ0v) is 20.7. The largest absolute Gasteiger partial charge is 0.473 e. The van der Waals surface area contributed by atoms with Gasteiger partial charge in [-0.1, -0.05) is 36.4 Å². The molecule has 1 saturated heterocycles. The third kappa shape index (κ3) is 4.59. The third-order valence-corrected chi connectivity index (χ3v) is 6.87. The Morgan fingerprint density at radius 2 is 1.89 bits per heavy atom. The predicted octanol–water partition coefficient (Wildman–Crippen LogP) is 3.55. The molecule has 0 radical (unpaired) electrons. The average Bonchev–Trinajstić information content (AvgIpc) is 3.31. The number of ether oxygens (including phenoxy) is 1. The van der Waals surface area contributed by atoms with Gasteiger partial charge >= 0.3 is 0 Å². The number of benzene rings is 1. The fourth-order valence-corrected chi connectivity index (χ4v) is 4.55. The number of nitrogens with two attached hydrogens (primary N) is 1. The first kappa shape index (κ1) is 23.3. The molecule has 0 spiro atoms. The lowest BCUT2D eigenvalue weighted by atomic mass is 10.1. The summed E-state index contributed by atoms with van der Waals surface area (Å²) in [6, 6.07) is 13.9. The fourth-order valence-electron chi connectivity index (χ4n) is 4.20. The lowest BCUT2D eigenvalue weighted by Gasteiger charge is -2.32. The second-order valence-electron chi connectivity index (χ2n) is 8.53. The van der Waals surface area contributed by atoms with Gasteiger partial charge in [-0.05, 0) is 28.9 Å². The number of piperidine rings is 1. The number of hydrogen-bond donors (Lipinski definition) is 2. The molecule has 1 aromatic carbocycles. The zero-order chi connectivity index (χ0) is 24.5. The normalized spacial score (nSPS) is 15.3.